The van der Waals surface area contributed by atoms with Crippen molar-refractivity contribution >= 4 is 33.5 Å². The molecule has 0 saturated carbocycles. The van der Waals surface area contributed by atoms with E-state index in [4.69, 9.17) is 21.1 Å². The maximum Gasteiger partial charge on any atom is 0.320 e. The van der Waals surface area contributed by atoms with Crippen LogP contribution in [0.4, 0.5) is 0 Å². The molecular formula is C21H25BrClNO4. The van der Waals surface area contributed by atoms with Crippen LogP contribution in [0.15, 0.2) is 40.9 Å². The molecule has 2 aromatic carbocycles. The molecule has 2 rings (SSSR count). The minimum atomic E-state index is -0.861. The Morgan fingerprint density at radius 3 is 2.57 bits per heavy atom. The summed E-state index contributed by atoms with van der Waals surface area (Å²) < 4.78 is 12.5. The second kappa shape index (κ2) is 10.7. The molecular weight excluding hydrogens is 446 g/mol. The summed E-state index contributed by atoms with van der Waals surface area (Å²) in [5.74, 6) is 0.324. The molecule has 0 heterocycles. The molecule has 0 aliphatic carbocycles. The number of hydrogen-bond donors (Lipinski definition) is 2. The monoisotopic (exact) mass is 469 g/mol. The molecule has 28 heavy (non-hydrogen) atoms. The molecule has 0 spiro atoms. The maximum absolute atomic E-state index is 11.4. The lowest BCUT2D eigenvalue weighted by Crippen LogP contribution is -2.40. The minimum absolute atomic E-state index is 0.0207. The van der Waals surface area contributed by atoms with E-state index in [-0.39, 0.29) is 5.92 Å². The van der Waals surface area contributed by atoms with Gasteiger partial charge < -0.3 is 19.9 Å². The maximum atomic E-state index is 11.4. The molecule has 0 fully saturated rings. The van der Waals surface area contributed by atoms with E-state index >= 15 is 0 Å². The topological polar surface area (TPSA) is 67.8 Å². The van der Waals surface area contributed by atoms with Crippen molar-refractivity contribution in [2.45, 2.75) is 40.0 Å². The zero-order valence-corrected chi connectivity index (χ0v) is 18.5. The van der Waals surface area contributed by atoms with Crippen molar-refractivity contribution in [3.8, 4) is 11.5 Å². The van der Waals surface area contributed by atoms with Crippen molar-refractivity contribution in [2.24, 2.45) is 5.92 Å². The van der Waals surface area contributed by atoms with E-state index in [1.807, 2.05) is 57.2 Å². The van der Waals surface area contributed by atoms with Gasteiger partial charge in [-0.25, -0.2) is 0 Å². The van der Waals surface area contributed by atoms with E-state index in [9.17, 15) is 9.90 Å². The molecule has 152 valence electrons. The first kappa shape index (κ1) is 22.5. The van der Waals surface area contributed by atoms with Gasteiger partial charge in [0.15, 0.2) is 11.5 Å². The number of aliphatic carboxylic acids is 1. The predicted octanol–water partition coefficient (Wildman–Crippen LogP) is 5.28. The third-order valence-electron chi connectivity index (χ3n) is 4.10. The summed E-state index contributed by atoms with van der Waals surface area (Å²) in [7, 11) is 0. The van der Waals surface area contributed by atoms with Crippen LogP contribution in [0, 0.1) is 5.92 Å². The number of halogens is 2. The van der Waals surface area contributed by atoms with Crippen LogP contribution in [0.3, 0.4) is 0 Å². The summed E-state index contributed by atoms with van der Waals surface area (Å²) in [6.45, 7) is 6.90. The zero-order valence-electron chi connectivity index (χ0n) is 16.2. The lowest BCUT2D eigenvalue weighted by atomic mass is 10.0. The average Bonchev–Trinajstić information content (AvgIpc) is 2.61. The number of nitrogens with one attached hydrogen (secondary N) is 1. The average molecular weight is 471 g/mol. The quantitative estimate of drug-likeness (QED) is 0.494. The molecule has 2 aromatic rings. The Labute approximate surface area is 179 Å². The Morgan fingerprint density at radius 1 is 1.21 bits per heavy atom. The molecule has 0 saturated heterocycles. The normalized spacial score (nSPS) is 12.1. The summed E-state index contributed by atoms with van der Waals surface area (Å²) in [6.07, 6.45) is 0. The van der Waals surface area contributed by atoms with Gasteiger partial charge in [0.2, 0.25) is 0 Å². The summed E-state index contributed by atoms with van der Waals surface area (Å²) in [5.41, 5.74) is 1.85. The van der Waals surface area contributed by atoms with Gasteiger partial charge in [-0.15, -0.1) is 0 Å². The zero-order chi connectivity index (χ0) is 20.7. The largest absolute Gasteiger partial charge is 0.490 e. The smallest absolute Gasteiger partial charge is 0.320 e. The van der Waals surface area contributed by atoms with E-state index in [0.717, 1.165) is 15.6 Å². The van der Waals surface area contributed by atoms with Gasteiger partial charge in [-0.2, -0.15) is 0 Å². The van der Waals surface area contributed by atoms with Crippen LogP contribution in [0.5, 0.6) is 11.5 Å². The molecule has 7 heteroatoms. The third kappa shape index (κ3) is 6.40. The van der Waals surface area contributed by atoms with Crippen molar-refractivity contribution in [3.63, 3.8) is 0 Å². The minimum Gasteiger partial charge on any atom is -0.490 e. The Kier molecular flexibility index (Phi) is 8.60. The molecule has 0 bridgehead atoms. The fourth-order valence-corrected chi connectivity index (χ4v) is 3.56. The van der Waals surface area contributed by atoms with Gasteiger partial charge in [0.05, 0.1) is 11.1 Å². The van der Waals surface area contributed by atoms with Crippen LogP contribution in [0.1, 0.15) is 31.9 Å². The number of carboxylic acid groups (broad SMARTS) is 1. The number of benzene rings is 2. The summed E-state index contributed by atoms with van der Waals surface area (Å²) in [6, 6.07) is 10.6. The Morgan fingerprint density at radius 2 is 1.96 bits per heavy atom. The Balaban J connectivity index is 2.17. The van der Waals surface area contributed by atoms with Gasteiger partial charge >= 0.3 is 5.97 Å². The molecule has 1 atom stereocenters. The summed E-state index contributed by atoms with van der Waals surface area (Å²) >= 11 is 9.57. The number of ether oxygens (including phenoxy) is 2. The van der Waals surface area contributed by atoms with Crippen molar-refractivity contribution in [3.05, 3.63) is 57.0 Å². The lowest BCUT2D eigenvalue weighted by molar-refractivity contribution is -0.140. The van der Waals surface area contributed by atoms with Crippen molar-refractivity contribution in [1.82, 2.24) is 5.32 Å². The first-order valence-electron chi connectivity index (χ1n) is 9.10. The highest BCUT2D eigenvalue weighted by Crippen LogP contribution is 2.37. The molecule has 0 aliphatic heterocycles. The van der Waals surface area contributed by atoms with Gasteiger partial charge in [-0.3, -0.25) is 4.79 Å². The highest BCUT2D eigenvalue weighted by Gasteiger charge is 2.21. The van der Waals surface area contributed by atoms with Crippen molar-refractivity contribution < 1.29 is 19.4 Å². The molecule has 1 unspecified atom stereocenters. The van der Waals surface area contributed by atoms with Crippen LogP contribution in [0.2, 0.25) is 5.02 Å². The van der Waals surface area contributed by atoms with Gasteiger partial charge in [-0.1, -0.05) is 37.6 Å². The highest BCUT2D eigenvalue weighted by molar-refractivity contribution is 9.10. The molecule has 0 aliphatic rings. The van der Waals surface area contributed by atoms with E-state index in [1.165, 1.54) is 0 Å². The molecule has 5 nitrogen and oxygen atoms in total. The van der Waals surface area contributed by atoms with Crippen LogP contribution in [0.25, 0.3) is 0 Å². The fourth-order valence-electron chi connectivity index (χ4n) is 2.74. The number of hydrogen-bond acceptors (Lipinski definition) is 4. The van der Waals surface area contributed by atoms with E-state index in [0.29, 0.717) is 36.3 Å². The van der Waals surface area contributed by atoms with Gasteiger partial charge in [0.25, 0.3) is 0 Å². The first-order chi connectivity index (χ1) is 13.3. The second-order valence-corrected chi connectivity index (χ2v) is 7.99. The van der Waals surface area contributed by atoms with E-state index < -0.39 is 12.0 Å². The van der Waals surface area contributed by atoms with E-state index in [2.05, 4.69) is 21.2 Å². The van der Waals surface area contributed by atoms with Crippen molar-refractivity contribution in [1.29, 1.82) is 0 Å². The Bertz CT molecular complexity index is 813. The molecule has 0 amide bonds. The van der Waals surface area contributed by atoms with Crippen LogP contribution in [-0.2, 0) is 17.9 Å². The molecule has 0 aromatic heterocycles. The van der Waals surface area contributed by atoms with Gasteiger partial charge in [0, 0.05) is 11.6 Å². The predicted molar refractivity (Wildman–Crippen MR) is 114 cm³/mol. The highest BCUT2D eigenvalue weighted by atomic mass is 79.9. The molecule has 2 N–H and O–H groups in total. The standard InChI is InChI=1S/C21H25BrClNO4/c1-4-27-18-10-15(11-24-19(13(2)3)21(25)26)9-17(22)20(18)28-12-14-6-5-7-16(23)8-14/h5-10,13,19,24H,4,11-12H2,1-3H3,(H,25,26). The fraction of sp³-hybridized carbons (Fsp3) is 0.381. The van der Waals surface area contributed by atoms with Gasteiger partial charge in [0.1, 0.15) is 12.6 Å². The third-order valence-corrected chi connectivity index (χ3v) is 4.92. The van der Waals surface area contributed by atoms with Crippen molar-refractivity contribution in [2.75, 3.05) is 6.61 Å². The molecule has 0 radical (unpaired) electrons. The second-order valence-electron chi connectivity index (χ2n) is 6.70. The van der Waals surface area contributed by atoms with Crippen LogP contribution >= 0.6 is 27.5 Å². The van der Waals surface area contributed by atoms with Gasteiger partial charge in [-0.05, 0) is 64.2 Å². The SMILES string of the molecule is CCOc1cc(CNC(C(=O)O)C(C)C)cc(Br)c1OCc1cccc(Cl)c1. The van der Waals surface area contributed by atoms with Crippen LogP contribution < -0.4 is 14.8 Å². The summed E-state index contributed by atoms with van der Waals surface area (Å²) in [5, 5.41) is 13.1. The van der Waals surface area contributed by atoms with Crippen LogP contribution in [-0.4, -0.2) is 23.7 Å². The number of rotatable bonds is 10. The van der Waals surface area contributed by atoms with E-state index in [1.54, 1.807) is 0 Å². The Hall–Kier alpha value is -1.76. The lowest BCUT2D eigenvalue weighted by Gasteiger charge is -2.19. The first-order valence-corrected chi connectivity index (χ1v) is 10.3. The summed E-state index contributed by atoms with van der Waals surface area (Å²) in [4.78, 5) is 11.4. The number of carboxylic acids is 1. The number of carbonyl (C=O) groups is 1.